The van der Waals surface area contributed by atoms with Gasteiger partial charge in [-0.25, -0.2) is 9.97 Å². The molecular formula is C13H8IN3OS. The van der Waals surface area contributed by atoms with Gasteiger partial charge < -0.3 is 5.32 Å². The van der Waals surface area contributed by atoms with Gasteiger partial charge in [0.1, 0.15) is 17.0 Å². The number of thiophene rings is 1. The van der Waals surface area contributed by atoms with Crippen molar-refractivity contribution in [2.24, 2.45) is 0 Å². The number of benzene rings is 1. The highest BCUT2D eigenvalue weighted by atomic mass is 127. The van der Waals surface area contributed by atoms with Gasteiger partial charge in [0, 0.05) is 3.57 Å². The average Bonchev–Trinajstić information content (AvgIpc) is 2.88. The number of nitrogens with one attached hydrogen (secondary N) is 1. The molecule has 0 fully saturated rings. The summed E-state index contributed by atoms with van der Waals surface area (Å²) in [6.45, 7) is 0. The largest absolute Gasteiger partial charge is 0.306 e. The Morgan fingerprint density at radius 3 is 2.89 bits per heavy atom. The first kappa shape index (κ1) is 12.5. The molecule has 2 aromatic heterocycles. The van der Waals surface area contributed by atoms with Gasteiger partial charge in [0.25, 0.3) is 5.91 Å². The molecule has 0 atom stereocenters. The summed E-state index contributed by atoms with van der Waals surface area (Å²) in [6.07, 6.45) is 1.46. The number of carbonyl (C=O) groups is 1. The van der Waals surface area contributed by atoms with E-state index in [1.807, 2.05) is 29.6 Å². The predicted octanol–water partition coefficient (Wildman–Crippen LogP) is 3.55. The summed E-state index contributed by atoms with van der Waals surface area (Å²) < 4.78 is 0.910. The summed E-state index contributed by atoms with van der Waals surface area (Å²) in [7, 11) is 0. The second-order valence-electron chi connectivity index (χ2n) is 3.80. The zero-order valence-electron chi connectivity index (χ0n) is 9.63. The van der Waals surface area contributed by atoms with Gasteiger partial charge in [-0.05, 0) is 46.2 Å². The first-order valence-corrected chi connectivity index (χ1v) is 7.45. The lowest BCUT2D eigenvalue weighted by atomic mass is 10.2. The van der Waals surface area contributed by atoms with Gasteiger partial charge in [0.2, 0.25) is 0 Å². The van der Waals surface area contributed by atoms with Gasteiger partial charge in [-0.15, -0.1) is 11.3 Å². The van der Waals surface area contributed by atoms with Gasteiger partial charge >= 0.3 is 0 Å². The third kappa shape index (κ3) is 2.45. The van der Waals surface area contributed by atoms with Crippen LogP contribution in [0.1, 0.15) is 10.4 Å². The maximum atomic E-state index is 12.2. The van der Waals surface area contributed by atoms with Crippen LogP contribution in [0.5, 0.6) is 0 Å². The number of nitrogens with zero attached hydrogens (tertiary/aromatic N) is 2. The van der Waals surface area contributed by atoms with Crippen molar-refractivity contribution < 1.29 is 4.79 Å². The fourth-order valence-electron chi connectivity index (χ4n) is 1.71. The fourth-order valence-corrected chi connectivity index (χ4v) is 3.07. The fraction of sp³-hybridized carbons (Fsp3) is 0. The van der Waals surface area contributed by atoms with Crippen LogP contribution < -0.4 is 5.32 Å². The SMILES string of the molecule is O=C(Nc1ncnc2sccc12)c1ccccc1I. The Morgan fingerprint density at radius 1 is 1.21 bits per heavy atom. The number of fused-ring (bicyclic) bond motifs is 1. The number of hydrogen-bond donors (Lipinski definition) is 1. The maximum absolute atomic E-state index is 12.2. The van der Waals surface area contributed by atoms with E-state index >= 15 is 0 Å². The van der Waals surface area contributed by atoms with Crippen LogP contribution in [-0.2, 0) is 0 Å². The smallest absolute Gasteiger partial charge is 0.257 e. The first-order chi connectivity index (χ1) is 9.25. The first-order valence-electron chi connectivity index (χ1n) is 5.50. The molecule has 6 heteroatoms. The highest BCUT2D eigenvalue weighted by molar-refractivity contribution is 14.1. The Labute approximate surface area is 127 Å². The summed E-state index contributed by atoms with van der Waals surface area (Å²) in [5, 5.41) is 5.64. The van der Waals surface area contributed by atoms with E-state index in [2.05, 4.69) is 37.9 Å². The molecule has 0 spiro atoms. The summed E-state index contributed by atoms with van der Waals surface area (Å²) in [4.78, 5) is 21.4. The lowest BCUT2D eigenvalue weighted by molar-refractivity contribution is 0.102. The average molecular weight is 381 g/mol. The standard InChI is InChI=1S/C13H8IN3OS/c14-10-4-2-1-3-8(10)12(18)17-11-9-5-6-19-13(9)16-7-15-11/h1-7H,(H,15,16,17,18). The molecule has 0 aliphatic rings. The Bertz CT molecular complexity index is 756. The van der Waals surface area contributed by atoms with Crippen LogP contribution in [0.3, 0.4) is 0 Å². The van der Waals surface area contributed by atoms with E-state index in [0.717, 1.165) is 13.8 Å². The van der Waals surface area contributed by atoms with Crippen molar-refractivity contribution >= 4 is 55.9 Å². The molecule has 0 saturated carbocycles. The molecule has 3 rings (SSSR count). The van der Waals surface area contributed by atoms with E-state index < -0.39 is 0 Å². The van der Waals surface area contributed by atoms with Crippen molar-refractivity contribution in [2.45, 2.75) is 0 Å². The number of rotatable bonds is 2. The van der Waals surface area contributed by atoms with Gasteiger partial charge in [0.05, 0.1) is 10.9 Å². The summed E-state index contributed by atoms with van der Waals surface area (Å²) in [5.74, 6) is 0.395. The predicted molar refractivity (Wildman–Crippen MR) is 84.5 cm³/mol. The van der Waals surface area contributed by atoms with E-state index in [0.29, 0.717) is 11.4 Å². The summed E-state index contributed by atoms with van der Waals surface area (Å²) in [5.41, 5.74) is 0.644. The summed E-state index contributed by atoms with van der Waals surface area (Å²) in [6, 6.07) is 9.35. The van der Waals surface area contributed by atoms with Crippen molar-refractivity contribution in [3.05, 3.63) is 51.2 Å². The van der Waals surface area contributed by atoms with Crippen LogP contribution in [0.15, 0.2) is 42.0 Å². The third-order valence-electron chi connectivity index (χ3n) is 2.61. The second kappa shape index (κ2) is 5.22. The van der Waals surface area contributed by atoms with Crippen molar-refractivity contribution in [3.63, 3.8) is 0 Å². The topological polar surface area (TPSA) is 54.9 Å². The zero-order chi connectivity index (χ0) is 13.2. The molecule has 1 amide bonds. The van der Waals surface area contributed by atoms with E-state index in [1.165, 1.54) is 17.7 Å². The minimum Gasteiger partial charge on any atom is -0.306 e. The van der Waals surface area contributed by atoms with E-state index in [4.69, 9.17) is 0 Å². The molecule has 0 saturated heterocycles. The molecular weight excluding hydrogens is 373 g/mol. The second-order valence-corrected chi connectivity index (χ2v) is 5.85. The molecule has 0 aliphatic heterocycles. The molecule has 0 aliphatic carbocycles. The highest BCUT2D eigenvalue weighted by Gasteiger charge is 2.12. The van der Waals surface area contributed by atoms with Crippen molar-refractivity contribution in [2.75, 3.05) is 5.32 Å². The van der Waals surface area contributed by atoms with E-state index in [1.54, 1.807) is 6.07 Å². The number of amides is 1. The molecule has 0 radical (unpaired) electrons. The van der Waals surface area contributed by atoms with Crippen LogP contribution in [0, 0.1) is 3.57 Å². The van der Waals surface area contributed by atoms with Gasteiger partial charge in [-0.3, -0.25) is 4.79 Å². The molecule has 94 valence electrons. The number of carbonyl (C=O) groups excluding carboxylic acids is 1. The Hall–Kier alpha value is -1.54. The number of hydrogen-bond acceptors (Lipinski definition) is 4. The highest BCUT2D eigenvalue weighted by Crippen LogP contribution is 2.24. The number of anilines is 1. The summed E-state index contributed by atoms with van der Waals surface area (Å²) >= 11 is 3.67. The molecule has 2 heterocycles. The Morgan fingerprint density at radius 2 is 2.05 bits per heavy atom. The zero-order valence-corrected chi connectivity index (χ0v) is 12.6. The van der Waals surface area contributed by atoms with Crippen LogP contribution >= 0.6 is 33.9 Å². The Kier molecular flexibility index (Phi) is 3.43. The van der Waals surface area contributed by atoms with Crippen molar-refractivity contribution in [1.82, 2.24) is 9.97 Å². The number of aromatic nitrogens is 2. The van der Waals surface area contributed by atoms with Crippen molar-refractivity contribution in [3.8, 4) is 0 Å². The van der Waals surface area contributed by atoms with Gasteiger partial charge in [-0.1, -0.05) is 12.1 Å². The lowest BCUT2D eigenvalue weighted by Crippen LogP contribution is -2.14. The molecule has 4 nitrogen and oxygen atoms in total. The Balaban J connectivity index is 1.95. The van der Waals surface area contributed by atoms with Gasteiger partial charge in [0.15, 0.2) is 0 Å². The molecule has 0 bridgehead atoms. The molecule has 3 aromatic rings. The van der Waals surface area contributed by atoms with Gasteiger partial charge in [-0.2, -0.15) is 0 Å². The van der Waals surface area contributed by atoms with E-state index in [9.17, 15) is 4.79 Å². The van der Waals surface area contributed by atoms with Crippen LogP contribution in [-0.4, -0.2) is 15.9 Å². The number of halogens is 1. The third-order valence-corrected chi connectivity index (χ3v) is 4.37. The minimum absolute atomic E-state index is 0.156. The molecule has 0 unspecified atom stereocenters. The molecule has 19 heavy (non-hydrogen) atoms. The maximum Gasteiger partial charge on any atom is 0.257 e. The molecule has 1 aromatic carbocycles. The normalized spacial score (nSPS) is 10.6. The van der Waals surface area contributed by atoms with E-state index in [-0.39, 0.29) is 5.91 Å². The molecule has 1 N–H and O–H groups in total. The quantitative estimate of drug-likeness (QED) is 0.691. The monoisotopic (exact) mass is 381 g/mol. The lowest BCUT2D eigenvalue weighted by Gasteiger charge is -2.06. The van der Waals surface area contributed by atoms with Crippen LogP contribution in [0.25, 0.3) is 10.2 Å². The van der Waals surface area contributed by atoms with Crippen molar-refractivity contribution in [1.29, 1.82) is 0 Å². The minimum atomic E-state index is -0.156. The van der Waals surface area contributed by atoms with Crippen LogP contribution in [0.2, 0.25) is 0 Å². The van der Waals surface area contributed by atoms with Crippen LogP contribution in [0.4, 0.5) is 5.82 Å².